The Morgan fingerprint density at radius 1 is 1.11 bits per heavy atom. The predicted octanol–water partition coefficient (Wildman–Crippen LogP) is 4.64. The number of ether oxygens (including phenoxy) is 1. The van der Waals surface area contributed by atoms with E-state index in [-0.39, 0.29) is 18.6 Å². The van der Waals surface area contributed by atoms with E-state index < -0.39 is 18.5 Å². The lowest BCUT2D eigenvalue weighted by Crippen LogP contribution is -2.23. The fourth-order valence-corrected chi connectivity index (χ4v) is 4.54. The Hall–Kier alpha value is -4.12. The molecular formula is C28H29N3O5. The highest BCUT2D eigenvalue weighted by Crippen LogP contribution is 2.27. The number of nitriles is 1. The van der Waals surface area contributed by atoms with Gasteiger partial charge in [0, 0.05) is 17.7 Å². The number of ketones is 1. The average molecular weight is 488 g/mol. The van der Waals surface area contributed by atoms with Gasteiger partial charge in [-0.05, 0) is 74.4 Å². The van der Waals surface area contributed by atoms with E-state index in [2.05, 4.69) is 11.4 Å². The fourth-order valence-electron chi connectivity index (χ4n) is 4.54. The predicted molar refractivity (Wildman–Crippen MR) is 133 cm³/mol. The van der Waals surface area contributed by atoms with E-state index in [0.29, 0.717) is 29.2 Å². The third-order valence-corrected chi connectivity index (χ3v) is 6.68. The first-order valence-corrected chi connectivity index (χ1v) is 12.1. The van der Waals surface area contributed by atoms with Crippen LogP contribution in [0.3, 0.4) is 0 Å². The van der Waals surface area contributed by atoms with E-state index in [9.17, 15) is 19.6 Å². The van der Waals surface area contributed by atoms with Crippen LogP contribution < -0.4 is 5.32 Å². The summed E-state index contributed by atoms with van der Waals surface area (Å²) in [7, 11) is 0. The van der Waals surface area contributed by atoms with Gasteiger partial charge in [0.05, 0.1) is 24.8 Å². The maximum absolute atomic E-state index is 12.6. The first kappa shape index (κ1) is 25.0. The molecule has 1 amide bonds. The average Bonchev–Trinajstić information content (AvgIpc) is 3.48. The molecule has 186 valence electrons. The number of Topliss-reactive ketones (excluding diaryl/α,β-unsaturated/α-hetero) is 1. The molecule has 0 saturated heterocycles. The molecule has 1 aliphatic carbocycles. The summed E-state index contributed by atoms with van der Waals surface area (Å²) in [5.41, 5.74) is 5.02. The van der Waals surface area contributed by atoms with Crippen molar-refractivity contribution in [1.82, 2.24) is 4.57 Å². The molecule has 2 aromatic heterocycles. The van der Waals surface area contributed by atoms with Crippen molar-refractivity contribution in [2.24, 2.45) is 0 Å². The second-order valence-electron chi connectivity index (χ2n) is 9.03. The van der Waals surface area contributed by atoms with Crippen LogP contribution in [0.25, 0.3) is 0 Å². The maximum Gasteiger partial charge on any atom is 0.306 e. The minimum atomic E-state index is -0.629. The lowest BCUT2D eigenvalue weighted by Gasteiger charge is -2.16. The van der Waals surface area contributed by atoms with Crippen LogP contribution in [0.5, 0.6) is 0 Å². The number of hydrogen-bond acceptors (Lipinski definition) is 6. The SMILES string of the molecule is Cc1c(C#N)c(NC(=O)COC(=O)CCC(=O)c2ccc3c(c2)CCCC3)n(Cc2ccco2)c1C. The fraction of sp³-hybridized carbons (Fsp3) is 0.357. The zero-order valence-corrected chi connectivity index (χ0v) is 20.6. The molecule has 3 aromatic rings. The monoisotopic (exact) mass is 487 g/mol. The van der Waals surface area contributed by atoms with Crippen LogP contribution >= 0.6 is 0 Å². The number of fused-ring (bicyclic) bond motifs is 1. The van der Waals surface area contributed by atoms with Crippen molar-refractivity contribution < 1.29 is 23.5 Å². The molecule has 0 unspecified atom stereocenters. The van der Waals surface area contributed by atoms with Crippen molar-refractivity contribution in [2.75, 3.05) is 11.9 Å². The zero-order valence-electron chi connectivity index (χ0n) is 20.6. The molecule has 0 radical (unpaired) electrons. The number of carbonyl (C=O) groups is 3. The molecule has 8 heteroatoms. The highest BCUT2D eigenvalue weighted by Gasteiger charge is 2.21. The molecule has 8 nitrogen and oxygen atoms in total. The number of benzene rings is 1. The number of aryl methyl sites for hydroxylation is 2. The van der Waals surface area contributed by atoms with Crippen molar-refractivity contribution in [3.05, 3.63) is 75.9 Å². The van der Waals surface area contributed by atoms with Crippen LogP contribution in [-0.2, 0) is 33.7 Å². The number of nitrogens with zero attached hydrogens (tertiary/aromatic N) is 2. The van der Waals surface area contributed by atoms with Crippen LogP contribution in [-0.4, -0.2) is 28.8 Å². The highest BCUT2D eigenvalue weighted by molar-refractivity contribution is 5.98. The summed E-state index contributed by atoms with van der Waals surface area (Å²) in [5, 5.41) is 12.3. The molecular weight excluding hydrogens is 458 g/mol. The third-order valence-electron chi connectivity index (χ3n) is 6.68. The van der Waals surface area contributed by atoms with E-state index >= 15 is 0 Å². The van der Waals surface area contributed by atoms with Crippen LogP contribution in [0.4, 0.5) is 5.82 Å². The highest BCUT2D eigenvalue weighted by atomic mass is 16.5. The zero-order chi connectivity index (χ0) is 25.7. The van der Waals surface area contributed by atoms with Gasteiger partial charge in [0.2, 0.25) is 0 Å². The van der Waals surface area contributed by atoms with Crippen molar-refractivity contribution >= 4 is 23.5 Å². The lowest BCUT2D eigenvalue weighted by molar-refractivity contribution is -0.147. The van der Waals surface area contributed by atoms with Gasteiger partial charge in [0.25, 0.3) is 5.91 Å². The van der Waals surface area contributed by atoms with Gasteiger partial charge < -0.3 is 19.0 Å². The Labute approximate surface area is 209 Å². The molecule has 0 fully saturated rings. The standard InChI is InChI=1S/C28H29N3O5/c1-18-19(2)31(16-23-8-5-13-35-23)28(24(18)15-29)30-26(33)17-36-27(34)12-11-25(32)22-10-9-20-6-3-4-7-21(20)14-22/h5,8-10,13-14H,3-4,6-7,11-12,16-17H2,1-2H3,(H,30,33). The smallest absolute Gasteiger partial charge is 0.306 e. The number of amides is 1. The number of hydrogen-bond donors (Lipinski definition) is 1. The van der Waals surface area contributed by atoms with Crippen molar-refractivity contribution in [2.45, 2.75) is 58.9 Å². The quantitative estimate of drug-likeness (QED) is 0.347. The minimum Gasteiger partial charge on any atom is -0.467 e. The first-order valence-electron chi connectivity index (χ1n) is 12.1. The number of esters is 1. The van der Waals surface area contributed by atoms with E-state index in [1.807, 2.05) is 32.0 Å². The van der Waals surface area contributed by atoms with Crippen molar-refractivity contribution in [1.29, 1.82) is 5.26 Å². The molecule has 0 bridgehead atoms. The summed E-state index contributed by atoms with van der Waals surface area (Å²) in [6.45, 7) is 3.48. The minimum absolute atomic E-state index is 0.0161. The van der Waals surface area contributed by atoms with Gasteiger partial charge in [-0.25, -0.2) is 0 Å². The van der Waals surface area contributed by atoms with Gasteiger partial charge in [-0.1, -0.05) is 12.1 Å². The molecule has 0 aliphatic heterocycles. The van der Waals surface area contributed by atoms with E-state index in [4.69, 9.17) is 9.15 Å². The van der Waals surface area contributed by atoms with E-state index in [0.717, 1.165) is 30.5 Å². The Morgan fingerprint density at radius 2 is 1.89 bits per heavy atom. The van der Waals surface area contributed by atoms with Gasteiger partial charge in [-0.2, -0.15) is 5.26 Å². The molecule has 36 heavy (non-hydrogen) atoms. The summed E-state index contributed by atoms with van der Waals surface area (Å²) >= 11 is 0. The van der Waals surface area contributed by atoms with Gasteiger partial charge >= 0.3 is 5.97 Å². The second kappa shape index (κ2) is 11.1. The number of nitrogens with one attached hydrogen (secondary N) is 1. The van der Waals surface area contributed by atoms with Gasteiger partial charge in [-0.15, -0.1) is 0 Å². The maximum atomic E-state index is 12.6. The molecule has 1 aliphatic rings. The number of carbonyl (C=O) groups excluding carboxylic acids is 3. The summed E-state index contributed by atoms with van der Waals surface area (Å²) in [4.78, 5) is 37.3. The summed E-state index contributed by atoms with van der Waals surface area (Å²) < 4.78 is 12.3. The number of rotatable bonds is 9. The molecule has 1 aromatic carbocycles. The van der Waals surface area contributed by atoms with Gasteiger partial charge in [-0.3, -0.25) is 14.4 Å². The summed E-state index contributed by atoms with van der Waals surface area (Å²) in [6.07, 6.45) is 5.78. The Morgan fingerprint density at radius 3 is 2.61 bits per heavy atom. The molecule has 4 rings (SSSR count). The van der Waals surface area contributed by atoms with Crippen LogP contribution in [0.2, 0.25) is 0 Å². The first-order chi connectivity index (χ1) is 17.4. The second-order valence-corrected chi connectivity index (χ2v) is 9.03. The number of furan rings is 1. The number of anilines is 1. The Kier molecular flexibility index (Phi) is 7.69. The van der Waals surface area contributed by atoms with Crippen LogP contribution in [0, 0.1) is 25.2 Å². The topological polar surface area (TPSA) is 114 Å². The summed E-state index contributed by atoms with van der Waals surface area (Å²) in [6, 6.07) is 11.5. The van der Waals surface area contributed by atoms with Crippen LogP contribution in [0.1, 0.15) is 69.7 Å². The normalized spacial score (nSPS) is 12.5. The van der Waals surface area contributed by atoms with Crippen LogP contribution in [0.15, 0.2) is 41.0 Å². The molecule has 2 heterocycles. The molecule has 0 spiro atoms. The molecule has 0 atom stereocenters. The largest absolute Gasteiger partial charge is 0.467 e. The van der Waals surface area contributed by atoms with Crippen molar-refractivity contribution in [3.8, 4) is 6.07 Å². The third kappa shape index (κ3) is 5.57. The van der Waals surface area contributed by atoms with E-state index in [1.54, 1.807) is 23.0 Å². The lowest BCUT2D eigenvalue weighted by atomic mass is 9.89. The summed E-state index contributed by atoms with van der Waals surface area (Å²) in [5.74, 6) is -0.324. The molecule has 0 saturated carbocycles. The molecule has 1 N–H and O–H groups in total. The van der Waals surface area contributed by atoms with Crippen molar-refractivity contribution in [3.63, 3.8) is 0 Å². The van der Waals surface area contributed by atoms with E-state index in [1.165, 1.54) is 17.5 Å². The Bertz CT molecular complexity index is 1330. The Balaban J connectivity index is 1.31. The van der Waals surface area contributed by atoms with Gasteiger partial charge in [0.15, 0.2) is 12.4 Å². The number of aromatic nitrogens is 1. The van der Waals surface area contributed by atoms with Gasteiger partial charge in [0.1, 0.15) is 17.6 Å².